The molecular formula is C103H83Ir5N15-10. The Hall–Kier alpha value is -11.6. The quantitative estimate of drug-likeness (QED) is 0.115. The molecule has 21 rings (SSSR count). The molecule has 123 heavy (non-hydrogen) atoms. The monoisotopic (exact) mass is 2490 g/mol. The standard InChI is InChI=1S/C27H23N3.C20H16N2.2C19H15N3.C18H14N4.5Ir/c1-19-9-4-5-14-24(19)30-18-29(27-25(30)15-8-16-28-27)23-13-7-12-22(17-23)26-20(2)10-6-11-21(26)3;1-16-9-5-6-12-18(16)22-15-21(17-10-3-2-4-11-17)19-13-7-8-14-20(19)22;1-15-8-5-6-11-17(15)22-14-21(16-9-3-2-4-10-16)19-18(22)12-7-13-20-19;1-15-8-5-6-11-17(15)22-14-21(16-9-3-2-4-10-16)18-12-7-13-20-19(18)22;1-14-7-5-6-10-16(14)22-13-21(15-8-3-2-4-9-15)17-18(22)20-12-11-19-17;;;;;/h4-12,14-18H,1-3H3;2-10,12-15H,1H3;2*2-9,11-14H,1H3;2-8,10-13H,1H3;;;;;/q5*-2;;;;;. The van der Waals surface area contributed by atoms with Crippen molar-refractivity contribution >= 4 is 114 Å². The molecule has 0 unspecified atom stereocenters. The molecule has 0 saturated heterocycles. The topological polar surface area (TPSA) is 96.8 Å². The van der Waals surface area contributed by atoms with Crippen LogP contribution in [0, 0.1) is 112 Å². The third kappa shape index (κ3) is 19.4. The van der Waals surface area contributed by atoms with Gasteiger partial charge in [-0.25, -0.2) is 24.9 Å². The molecule has 20 heteroatoms. The summed E-state index contributed by atoms with van der Waals surface area (Å²) in [6.07, 6.45) is 8.93. The third-order valence-corrected chi connectivity index (χ3v) is 20.9. The summed E-state index contributed by atoms with van der Waals surface area (Å²) in [5.41, 5.74) is 27.4. The maximum absolute atomic E-state index is 4.69. The number of anilines is 20. The number of hydrogen-bond acceptors (Lipinski definition) is 15. The summed E-state index contributed by atoms with van der Waals surface area (Å²) in [5, 5.41) is 0. The molecule has 15 nitrogen and oxygen atoms in total. The van der Waals surface area contributed by atoms with Crippen LogP contribution in [0.3, 0.4) is 0 Å². The molecule has 5 aliphatic heterocycles. The van der Waals surface area contributed by atoms with Gasteiger partial charge in [0.05, 0.1) is 17.1 Å². The van der Waals surface area contributed by atoms with Crippen LogP contribution in [-0.2, 0) is 101 Å². The van der Waals surface area contributed by atoms with E-state index in [9.17, 15) is 0 Å². The van der Waals surface area contributed by atoms with Crippen LogP contribution in [0.5, 0.6) is 0 Å². The number of hydrogen-bond donors (Lipinski definition) is 0. The summed E-state index contributed by atoms with van der Waals surface area (Å²) in [7, 11) is 0. The fraction of sp³-hybridized carbons (Fsp3) is 0.0680. The maximum atomic E-state index is 4.69. The molecule has 0 spiro atoms. The van der Waals surface area contributed by atoms with Gasteiger partial charge in [0.1, 0.15) is 29.1 Å². The molecule has 4 aromatic heterocycles. The van der Waals surface area contributed by atoms with Crippen molar-refractivity contribution < 1.29 is 101 Å². The minimum absolute atomic E-state index is 0. The van der Waals surface area contributed by atoms with E-state index in [1.807, 2.05) is 151 Å². The molecule has 5 radical (unpaired) electrons. The first-order chi connectivity index (χ1) is 58.0. The van der Waals surface area contributed by atoms with E-state index in [1.165, 1.54) is 67.1 Å². The van der Waals surface area contributed by atoms with Crippen LogP contribution in [0.1, 0.15) is 38.9 Å². The Morgan fingerprint density at radius 1 is 0.195 bits per heavy atom. The second kappa shape index (κ2) is 42.0. The zero-order valence-electron chi connectivity index (χ0n) is 68.2. The van der Waals surface area contributed by atoms with E-state index in [-0.39, 0.29) is 101 Å². The van der Waals surface area contributed by atoms with E-state index in [2.05, 4.69) is 364 Å². The molecule has 0 bridgehead atoms. The van der Waals surface area contributed by atoms with E-state index in [1.54, 1.807) is 12.4 Å². The van der Waals surface area contributed by atoms with Gasteiger partial charge < -0.3 is 49.0 Å². The summed E-state index contributed by atoms with van der Waals surface area (Å²) in [6, 6.07) is 124. The molecule has 12 aromatic carbocycles. The fourth-order valence-electron chi connectivity index (χ4n) is 15.1. The van der Waals surface area contributed by atoms with E-state index >= 15 is 0 Å². The van der Waals surface area contributed by atoms with Gasteiger partial charge in [0.25, 0.3) is 0 Å². The summed E-state index contributed by atoms with van der Waals surface area (Å²) < 4.78 is 0. The Morgan fingerprint density at radius 3 is 0.846 bits per heavy atom. The van der Waals surface area contributed by atoms with Crippen LogP contribution in [0.15, 0.2) is 346 Å². The smallest absolute Gasteiger partial charge is 0.145 e. The molecule has 0 N–H and O–H groups in total. The number of aryl methyl sites for hydroxylation is 7. The zero-order valence-corrected chi connectivity index (χ0v) is 80.1. The van der Waals surface area contributed by atoms with Crippen molar-refractivity contribution in [3.05, 3.63) is 449 Å². The number of benzene rings is 12. The molecule has 0 atom stereocenters. The predicted octanol–water partition coefficient (Wildman–Crippen LogP) is 25.3. The second-order valence-corrected chi connectivity index (χ2v) is 28.7. The van der Waals surface area contributed by atoms with E-state index in [4.69, 9.17) is 4.98 Å². The first kappa shape index (κ1) is 90.6. The Labute approximate surface area is 790 Å². The van der Waals surface area contributed by atoms with Crippen LogP contribution >= 0.6 is 0 Å². The molecule has 0 saturated carbocycles. The average Bonchev–Trinajstić information content (AvgIpc) is 1.62. The minimum atomic E-state index is 0. The molecule has 5 aliphatic rings. The van der Waals surface area contributed by atoms with Gasteiger partial charge in [-0.2, -0.15) is 140 Å². The fourth-order valence-corrected chi connectivity index (χ4v) is 15.1. The summed E-state index contributed by atoms with van der Waals surface area (Å²) in [4.78, 5) is 44.2. The molecule has 0 aliphatic carbocycles. The van der Waals surface area contributed by atoms with Crippen LogP contribution in [-0.4, -0.2) is 24.9 Å². The first-order valence-corrected chi connectivity index (χ1v) is 39.2. The second-order valence-electron chi connectivity index (χ2n) is 28.7. The summed E-state index contributed by atoms with van der Waals surface area (Å²) in [6.45, 7) is 25.3. The van der Waals surface area contributed by atoms with Crippen molar-refractivity contribution in [2.24, 2.45) is 0 Å². The average molecular weight is 2490 g/mol. The number of rotatable bonds is 11. The first-order valence-electron chi connectivity index (χ1n) is 39.2. The van der Waals surface area contributed by atoms with E-state index < -0.39 is 0 Å². The van der Waals surface area contributed by atoms with E-state index in [0.29, 0.717) is 0 Å². The Bertz CT molecular complexity index is 5600. The maximum Gasteiger partial charge on any atom is 0.145 e. The minimum Gasteiger partial charge on any atom is -0.493 e. The summed E-state index contributed by atoms with van der Waals surface area (Å²) >= 11 is 0. The largest absolute Gasteiger partial charge is 0.493 e. The van der Waals surface area contributed by atoms with Crippen molar-refractivity contribution in [2.75, 3.05) is 49.0 Å². The molecule has 0 amide bonds. The van der Waals surface area contributed by atoms with Gasteiger partial charge in [0.2, 0.25) is 0 Å². The molecular weight excluding hydrogens is 2410 g/mol. The van der Waals surface area contributed by atoms with Gasteiger partial charge in [-0.3, -0.25) is 0 Å². The normalized spacial score (nSPS) is 12.7. The third-order valence-electron chi connectivity index (χ3n) is 20.9. The Balaban J connectivity index is 0.000000140. The van der Waals surface area contributed by atoms with E-state index in [0.717, 1.165) is 97.3 Å². The number of fused-ring (bicyclic) bond motifs is 5. The summed E-state index contributed by atoms with van der Waals surface area (Å²) in [5.74, 6) is 4.42. The van der Waals surface area contributed by atoms with Crippen LogP contribution in [0.4, 0.5) is 114 Å². The SMILES string of the molecule is Cc1ccccc1N1[CH-]N(c2[c-]ccc(-c3c(C)cccc3C)c2)c2ncccc21.Cc1ccccc1N1[CH-]N(c2[c-]cccc2)c2ccccc21.Cc1ccccc1N1[CH-]N(c2[c-]cccc2)c2cccnc21.Cc1ccccc1N1[CH-]N(c2[c-]cccc2)c2ncccc21.Cc1ccccc1N1[CH-]N(c2[c-]cccc2)c2nccnc21.[Ir].[Ir].[Ir].[Ir].[Ir]. The van der Waals surface area contributed by atoms with Crippen LogP contribution < -0.4 is 49.0 Å². The van der Waals surface area contributed by atoms with Gasteiger partial charge in [-0.1, -0.05) is 121 Å². The van der Waals surface area contributed by atoms with Crippen molar-refractivity contribution in [3.8, 4) is 11.1 Å². The van der Waals surface area contributed by atoms with Crippen molar-refractivity contribution in [1.29, 1.82) is 0 Å². The predicted molar refractivity (Wildman–Crippen MR) is 481 cm³/mol. The number of para-hydroxylation sites is 11. The number of aromatic nitrogens is 5. The van der Waals surface area contributed by atoms with Crippen molar-refractivity contribution in [1.82, 2.24) is 24.9 Å². The van der Waals surface area contributed by atoms with Gasteiger partial charge in [-0.15, -0.1) is 73.4 Å². The van der Waals surface area contributed by atoms with Crippen molar-refractivity contribution in [2.45, 2.75) is 48.5 Å². The Kier molecular flexibility index (Phi) is 30.9. The van der Waals surface area contributed by atoms with Gasteiger partial charge in [-0.05, 0) is 172 Å². The van der Waals surface area contributed by atoms with Crippen LogP contribution in [0.2, 0.25) is 0 Å². The Morgan fingerprint density at radius 2 is 0.447 bits per heavy atom. The molecule has 16 aromatic rings. The molecule has 9 heterocycles. The molecule has 0 fully saturated rings. The van der Waals surface area contributed by atoms with Gasteiger partial charge >= 0.3 is 0 Å². The van der Waals surface area contributed by atoms with Crippen molar-refractivity contribution in [3.63, 3.8) is 0 Å². The number of nitrogens with zero attached hydrogens (tertiary/aromatic N) is 15. The molecule has 625 valence electrons. The van der Waals surface area contributed by atoms with Gasteiger partial charge in [0.15, 0.2) is 0 Å². The van der Waals surface area contributed by atoms with Crippen LogP contribution in [0.25, 0.3) is 11.1 Å². The van der Waals surface area contributed by atoms with Gasteiger partial charge in [0, 0.05) is 171 Å². The number of pyridine rings is 3. The zero-order chi connectivity index (χ0) is 80.4.